The minimum Gasteiger partial charge on any atom is -0.306 e. The van der Waals surface area contributed by atoms with Crippen molar-refractivity contribution in [2.24, 2.45) is 0 Å². The molecule has 0 atom stereocenters. The molecule has 24 heavy (non-hydrogen) atoms. The molecule has 120 valence electrons. The average molecular weight is 318 g/mol. The fraction of sp³-hybridized carbons (Fsp3) is 0.200. The molecule has 4 rings (SSSR count). The Balaban J connectivity index is 2.11. The predicted molar refractivity (Wildman–Crippen MR) is 94.8 cm³/mol. The summed E-state index contributed by atoms with van der Waals surface area (Å²) in [6, 6.07) is 17.0. The van der Waals surface area contributed by atoms with Gasteiger partial charge in [0, 0.05) is 16.5 Å². The number of aromatic nitrogens is 2. The molecule has 0 fully saturated rings. The lowest BCUT2D eigenvalue weighted by Crippen LogP contribution is -2.43. The average Bonchev–Trinajstić information content (AvgIpc) is 2.54. The Bertz CT molecular complexity index is 1040. The van der Waals surface area contributed by atoms with Gasteiger partial charge in [0.2, 0.25) is 0 Å². The number of hydrogen-bond donors (Lipinski definition) is 1. The molecule has 0 saturated carbocycles. The second-order valence-corrected chi connectivity index (χ2v) is 6.87. The summed E-state index contributed by atoms with van der Waals surface area (Å²) in [5.74, 6) is 0. The van der Waals surface area contributed by atoms with Gasteiger partial charge in [-0.05, 0) is 24.1 Å². The number of fused-ring (bicyclic) bond motifs is 3. The zero-order valence-electron chi connectivity index (χ0n) is 13.7. The van der Waals surface area contributed by atoms with Crippen molar-refractivity contribution in [2.75, 3.05) is 0 Å². The molecule has 1 heterocycles. The maximum atomic E-state index is 13.2. The summed E-state index contributed by atoms with van der Waals surface area (Å²) in [6.07, 6.45) is 0.770. The van der Waals surface area contributed by atoms with E-state index in [2.05, 4.69) is 24.9 Å². The van der Waals surface area contributed by atoms with Gasteiger partial charge in [-0.1, -0.05) is 56.3 Å². The van der Waals surface area contributed by atoms with Crippen LogP contribution in [-0.2, 0) is 11.8 Å². The smallest absolute Gasteiger partial charge is 0.306 e. The second-order valence-electron chi connectivity index (χ2n) is 6.87. The third-order valence-corrected chi connectivity index (χ3v) is 4.71. The van der Waals surface area contributed by atoms with E-state index in [9.17, 15) is 9.59 Å². The van der Waals surface area contributed by atoms with Crippen LogP contribution >= 0.6 is 0 Å². The summed E-state index contributed by atoms with van der Waals surface area (Å²) in [6.45, 7) is 4.10. The van der Waals surface area contributed by atoms with Crippen LogP contribution in [0.3, 0.4) is 0 Å². The highest BCUT2D eigenvalue weighted by Crippen LogP contribution is 2.39. The number of aromatic amines is 1. The lowest BCUT2D eigenvalue weighted by atomic mass is 9.72. The maximum absolute atomic E-state index is 13.2. The molecule has 0 spiro atoms. The highest BCUT2D eigenvalue weighted by molar-refractivity contribution is 5.71. The van der Waals surface area contributed by atoms with Gasteiger partial charge >= 0.3 is 5.69 Å². The predicted octanol–water partition coefficient (Wildman–Crippen LogP) is 3.03. The lowest BCUT2D eigenvalue weighted by Gasteiger charge is -2.33. The Morgan fingerprint density at radius 1 is 0.958 bits per heavy atom. The highest BCUT2D eigenvalue weighted by Gasteiger charge is 2.35. The Hall–Kier alpha value is -2.88. The molecule has 2 aromatic carbocycles. The lowest BCUT2D eigenvalue weighted by molar-refractivity contribution is 0.502. The van der Waals surface area contributed by atoms with Gasteiger partial charge in [-0.2, -0.15) is 0 Å². The zero-order valence-corrected chi connectivity index (χ0v) is 13.7. The molecule has 0 radical (unpaired) electrons. The van der Waals surface area contributed by atoms with Crippen molar-refractivity contribution in [3.8, 4) is 16.9 Å². The van der Waals surface area contributed by atoms with E-state index in [-0.39, 0.29) is 11.0 Å². The first-order chi connectivity index (χ1) is 11.5. The minimum atomic E-state index is -0.405. The highest BCUT2D eigenvalue weighted by atomic mass is 16.2. The molecule has 1 aliphatic rings. The van der Waals surface area contributed by atoms with Crippen LogP contribution in [0.15, 0.2) is 64.2 Å². The SMILES string of the molecule is CC1(C)Cc2ccccc2-c2[nH]c(=O)n(-c3ccccc3)c(=O)c21. The summed E-state index contributed by atoms with van der Waals surface area (Å²) in [5.41, 5.74) is 3.03. The van der Waals surface area contributed by atoms with E-state index in [1.807, 2.05) is 36.4 Å². The molecule has 1 aliphatic carbocycles. The van der Waals surface area contributed by atoms with Gasteiger partial charge < -0.3 is 4.98 Å². The molecule has 0 unspecified atom stereocenters. The first-order valence-corrected chi connectivity index (χ1v) is 8.02. The van der Waals surface area contributed by atoms with Crippen molar-refractivity contribution in [1.29, 1.82) is 0 Å². The van der Waals surface area contributed by atoms with E-state index in [0.717, 1.165) is 17.5 Å². The van der Waals surface area contributed by atoms with Crippen molar-refractivity contribution in [3.05, 3.63) is 86.6 Å². The van der Waals surface area contributed by atoms with Crippen molar-refractivity contribution in [3.63, 3.8) is 0 Å². The van der Waals surface area contributed by atoms with Crippen LogP contribution in [0.2, 0.25) is 0 Å². The summed E-state index contributed by atoms with van der Waals surface area (Å²) in [7, 11) is 0. The first kappa shape index (κ1) is 14.7. The number of benzene rings is 2. The van der Waals surface area contributed by atoms with Crippen LogP contribution < -0.4 is 11.2 Å². The summed E-state index contributed by atoms with van der Waals surface area (Å²) >= 11 is 0. The summed E-state index contributed by atoms with van der Waals surface area (Å²) in [5, 5.41) is 0. The molecule has 0 bridgehead atoms. The molecule has 1 aromatic heterocycles. The molecule has 0 saturated heterocycles. The number of hydrogen-bond acceptors (Lipinski definition) is 2. The fourth-order valence-electron chi connectivity index (χ4n) is 3.66. The van der Waals surface area contributed by atoms with Gasteiger partial charge in [0.25, 0.3) is 5.56 Å². The number of H-pyrrole nitrogens is 1. The van der Waals surface area contributed by atoms with Gasteiger partial charge in [-0.25, -0.2) is 9.36 Å². The normalized spacial score (nSPS) is 14.8. The van der Waals surface area contributed by atoms with Gasteiger partial charge in [-0.15, -0.1) is 0 Å². The third-order valence-electron chi connectivity index (χ3n) is 4.71. The van der Waals surface area contributed by atoms with Gasteiger partial charge in [0.1, 0.15) is 0 Å². The quantitative estimate of drug-likeness (QED) is 0.750. The molecule has 3 aromatic rings. The molecular formula is C20H18N2O2. The zero-order chi connectivity index (χ0) is 16.9. The summed E-state index contributed by atoms with van der Waals surface area (Å²) < 4.78 is 1.23. The Morgan fingerprint density at radius 2 is 1.62 bits per heavy atom. The van der Waals surface area contributed by atoms with E-state index in [4.69, 9.17) is 0 Å². The van der Waals surface area contributed by atoms with Gasteiger partial charge in [-0.3, -0.25) is 4.79 Å². The molecular weight excluding hydrogens is 300 g/mol. The van der Waals surface area contributed by atoms with Gasteiger partial charge in [0.05, 0.1) is 11.4 Å². The fourth-order valence-corrected chi connectivity index (χ4v) is 3.66. The van der Waals surface area contributed by atoms with Crippen LogP contribution in [0.4, 0.5) is 0 Å². The number of nitrogens with one attached hydrogen (secondary N) is 1. The van der Waals surface area contributed by atoms with E-state index in [1.54, 1.807) is 12.1 Å². The maximum Gasteiger partial charge on any atom is 0.333 e. The minimum absolute atomic E-state index is 0.237. The standard InChI is InChI=1S/C20H18N2O2/c1-20(2)12-13-8-6-7-11-15(13)17-16(20)18(23)22(19(24)21-17)14-9-4-3-5-10-14/h3-11H,12H2,1-2H3,(H,21,24). The van der Waals surface area contributed by atoms with Crippen LogP contribution in [0.25, 0.3) is 16.9 Å². The first-order valence-electron chi connectivity index (χ1n) is 8.02. The molecule has 4 nitrogen and oxygen atoms in total. The molecule has 0 aliphatic heterocycles. The third kappa shape index (κ3) is 2.07. The number of rotatable bonds is 1. The molecule has 1 N–H and O–H groups in total. The van der Waals surface area contributed by atoms with E-state index in [0.29, 0.717) is 16.9 Å². The molecule has 0 amide bonds. The van der Waals surface area contributed by atoms with E-state index >= 15 is 0 Å². The Morgan fingerprint density at radius 3 is 2.38 bits per heavy atom. The number of nitrogens with zero attached hydrogens (tertiary/aromatic N) is 1. The van der Waals surface area contributed by atoms with Crippen LogP contribution in [0.1, 0.15) is 25.0 Å². The van der Waals surface area contributed by atoms with Crippen molar-refractivity contribution in [2.45, 2.75) is 25.7 Å². The number of para-hydroxylation sites is 1. The van der Waals surface area contributed by atoms with Crippen molar-refractivity contribution in [1.82, 2.24) is 9.55 Å². The second kappa shape index (κ2) is 5.06. The van der Waals surface area contributed by atoms with Crippen LogP contribution in [0.5, 0.6) is 0 Å². The Kier molecular flexibility index (Phi) is 3.10. The largest absolute Gasteiger partial charge is 0.333 e. The topological polar surface area (TPSA) is 54.9 Å². The van der Waals surface area contributed by atoms with Gasteiger partial charge in [0.15, 0.2) is 0 Å². The van der Waals surface area contributed by atoms with E-state index in [1.165, 1.54) is 4.57 Å². The van der Waals surface area contributed by atoms with Crippen molar-refractivity contribution >= 4 is 0 Å². The van der Waals surface area contributed by atoms with Crippen LogP contribution in [-0.4, -0.2) is 9.55 Å². The van der Waals surface area contributed by atoms with Crippen LogP contribution in [0, 0.1) is 0 Å². The Labute approximate surface area is 139 Å². The van der Waals surface area contributed by atoms with Crippen molar-refractivity contribution < 1.29 is 0 Å². The van der Waals surface area contributed by atoms with E-state index < -0.39 is 5.69 Å². The summed E-state index contributed by atoms with van der Waals surface area (Å²) in [4.78, 5) is 28.8. The molecule has 4 heteroatoms. The monoisotopic (exact) mass is 318 g/mol.